The van der Waals surface area contributed by atoms with Crippen LogP contribution >= 0.6 is 0 Å². The molecule has 0 spiro atoms. The van der Waals surface area contributed by atoms with Crippen molar-refractivity contribution >= 4 is 17.6 Å². The molecular formula is C15H21N3O6. The number of nitrogens with two attached hydrogens (primary N) is 1. The zero-order chi connectivity index (χ0) is 18.1. The van der Waals surface area contributed by atoms with Gasteiger partial charge in [-0.05, 0) is 30.5 Å². The first-order valence-corrected chi connectivity index (χ1v) is 7.50. The highest BCUT2D eigenvalue weighted by molar-refractivity contribution is 5.82. The van der Waals surface area contributed by atoms with Gasteiger partial charge in [0.05, 0.1) is 4.92 Å². The van der Waals surface area contributed by atoms with E-state index in [9.17, 15) is 24.8 Å². The number of carboxylic acid groups (broad SMARTS) is 1. The molecule has 1 aromatic carbocycles. The number of aliphatic hydroxyl groups is 1. The summed E-state index contributed by atoms with van der Waals surface area (Å²) in [5.74, 6) is -1.40. The van der Waals surface area contributed by atoms with E-state index in [0.717, 1.165) is 0 Å². The lowest BCUT2D eigenvalue weighted by Gasteiger charge is -2.18. The molecule has 0 fully saturated rings. The maximum Gasteiger partial charge on any atom is 0.303 e. The van der Waals surface area contributed by atoms with Crippen LogP contribution < -0.4 is 11.1 Å². The molecule has 1 amide bonds. The number of carbonyl (C=O) groups excluding carboxylic acids is 1. The molecule has 0 unspecified atom stereocenters. The third kappa shape index (κ3) is 6.31. The highest BCUT2D eigenvalue weighted by Crippen LogP contribution is 2.19. The van der Waals surface area contributed by atoms with Crippen LogP contribution in [0.3, 0.4) is 0 Å². The Balaban J connectivity index is 2.41. The number of amides is 1. The third-order valence-electron chi connectivity index (χ3n) is 3.45. The molecule has 24 heavy (non-hydrogen) atoms. The average Bonchev–Trinajstić information content (AvgIpc) is 2.56. The van der Waals surface area contributed by atoms with Crippen molar-refractivity contribution in [2.45, 2.75) is 37.8 Å². The van der Waals surface area contributed by atoms with Gasteiger partial charge in [-0.3, -0.25) is 19.7 Å². The highest BCUT2D eigenvalue weighted by Gasteiger charge is 2.24. The summed E-state index contributed by atoms with van der Waals surface area (Å²) in [5, 5.41) is 31.7. The minimum absolute atomic E-state index is 0.0896. The molecule has 1 rings (SSSR count). The Bertz CT molecular complexity index is 575. The topological polar surface area (TPSA) is 156 Å². The van der Waals surface area contributed by atoms with Gasteiger partial charge in [0.2, 0.25) is 5.91 Å². The first kappa shape index (κ1) is 19.5. The SMILES string of the molecule is N[C@@H](C(=O)NCCCCCC(=O)O)[C@@H](O)c1ccc([N+](=O)[O-])cc1. The van der Waals surface area contributed by atoms with Crippen molar-refractivity contribution in [3.63, 3.8) is 0 Å². The van der Waals surface area contributed by atoms with Crippen molar-refractivity contribution in [3.05, 3.63) is 39.9 Å². The number of hydrogen-bond acceptors (Lipinski definition) is 6. The van der Waals surface area contributed by atoms with Gasteiger partial charge in [-0.25, -0.2) is 0 Å². The molecule has 2 atom stereocenters. The smallest absolute Gasteiger partial charge is 0.303 e. The molecule has 0 aliphatic heterocycles. The van der Waals surface area contributed by atoms with Crippen LogP contribution in [0.1, 0.15) is 37.4 Å². The van der Waals surface area contributed by atoms with Gasteiger partial charge in [-0.15, -0.1) is 0 Å². The van der Waals surface area contributed by atoms with Gasteiger partial charge in [0, 0.05) is 25.1 Å². The molecule has 5 N–H and O–H groups in total. The molecule has 0 aliphatic carbocycles. The molecule has 0 bridgehead atoms. The van der Waals surface area contributed by atoms with Crippen LogP contribution in [0.15, 0.2) is 24.3 Å². The molecule has 0 aromatic heterocycles. The average molecular weight is 339 g/mol. The van der Waals surface area contributed by atoms with Crippen LogP contribution in [0.25, 0.3) is 0 Å². The van der Waals surface area contributed by atoms with E-state index in [0.29, 0.717) is 31.4 Å². The molecular weight excluding hydrogens is 318 g/mol. The van der Waals surface area contributed by atoms with E-state index in [1.54, 1.807) is 0 Å². The predicted molar refractivity (Wildman–Crippen MR) is 85.1 cm³/mol. The number of aliphatic carboxylic acids is 1. The number of nitro groups is 1. The standard InChI is InChI=1S/C15H21N3O6/c16-13(15(22)17-9-3-1-2-4-12(19)20)14(21)10-5-7-11(8-6-10)18(23)24/h5-8,13-14,21H,1-4,9,16H2,(H,17,22)(H,19,20)/t13-,14+/m1/s1. The minimum Gasteiger partial charge on any atom is -0.481 e. The van der Waals surface area contributed by atoms with Crippen molar-refractivity contribution in [1.29, 1.82) is 0 Å². The van der Waals surface area contributed by atoms with Crippen molar-refractivity contribution in [2.24, 2.45) is 5.73 Å². The number of non-ortho nitro benzene ring substituents is 1. The molecule has 132 valence electrons. The number of carbonyl (C=O) groups is 2. The summed E-state index contributed by atoms with van der Waals surface area (Å²) in [4.78, 5) is 32.2. The first-order chi connectivity index (χ1) is 11.3. The minimum atomic E-state index is -1.28. The quantitative estimate of drug-likeness (QED) is 0.278. The van der Waals surface area contributed by atoms with Crippen LogP contribution in [0.5, 0.6) is 0 Å². The molecule has 0 heterocycles. The lowest BCUT2D eigenvalue weighted by atomic mass is 10.0. The van der Waals surface area contributed by atoms with Crippen LogP contribution in [-0.4, -0.2) is 39.6 Å². The van der Waals surface area contributed by atoms with Crippen molar-refractivity contribution in [2.75, 3.05) is 6.54 Å². The van der Waals surface area contributed by atoms with E-state index in [2.05, 4.69) is 5.32 Å². The van der Waals surface area contributed by atoms with Gasteiger partial charge < -0.3 is 21.3 Å². The van der Waals surface area contributed by atoms with Gasteiger partial charge in [-0.1, -0.05) is 6.42 Å². The number of carboxylic acids is 1. The summed E-state index contributed by atoms with van der Waals surface area (Å²) >= 11 is 0. The maximum absolute atomic E-state index is 11.9. The normalized spacial score (nSPS) is 13.1. The highest BCUT2D eigenvalue weighted by atomic mass is 16.6. The Hall–Kier alpha value is -2.52. The van der Waals surface area contributed by atoms with E-state index in [1.807, 2.05) is 0 Å². The van der Waals surface area contributed by atoms with Gasteiger partial charge in [0.25, 0.3) is 5.69 Å². The zero-order valence-corrected chi connectivity index (χ0v) is 13.1. The Morgan fingerprint density at radius 2 is 1.83 bits per heavy atom. The predicted octanol–water partition coefficient (Wildman–Crippen LogP) is 0.717. The largest absolute Gasteiger partial charge is 0.481 e. The van der Waals surface area contributed by atoms with Crippen molar-refractivity contribution in [1.82, 2.24) is 5.32 Å². The molecule has 0 aliphatic rings. The lowest BCUT2D eigenvalue weighted by Crippen LogP contribution is -2.44. The van der Waals surface area contributed by atoms with Gasteiger partial charge in [0.1, 0.15) is 12.1 Å². The summed E-state index contributed by atoms with van der Waals surface area (Å²) in [6.07, 6.45) is 0.610. The van der Waals surface area contributed by atoms with Crippen molar-refractivity contribution < 1.29 is 24.7 Å². The van der Waals surface area contributed by atoms with E-state index < -0.39 is 28.9 Å². The van der Waals surface area contributed by atoms with E-state index in [-0.39, 0.29) is 12.1 Å². The number of unbranched alkanes of at least 4 members (excludes halogenated alkanes) is 2. The Labute approximate surface area is 138 Å². The summed E-state index contributed by atoms with van der Waals surface area (Å²) in [7, 11) is 0. The molecule has 0 radical (unpaired) electrons. The van der Waals surface area contributed by atoms with Crippen LogP contribution in [0.2, 0.25) is 0 Å². The lowest BCUT2D eigenvalue weighted by molar-refractivity contribution is -0.384. The number of benzene rings is 1. The maximum atomic E-state index is 11.9. The molecule has 9 nitrogen and oxygen atoms in total. The third-order valence-corrected chi connectivity index (χ3v) is 3.45. The monoisotopic (exact) mass is 339 g/mol. The fourth-order valence-corrected chi connectivity index (χ4v) is 2.05. The number of nitrogens with one attached hydrogen (secondary N) is 1. The van der Waals surface area contributed by atoms with E-state index in [4.69, 9.17) is 10.8 Å². The molecule has 0 saturated heterocycles. The first-order valence-electron chi connectivity index (χ1n) is 7.50. The second kappa shape index (κ2) is 9.58. The van der Waals surface area contributed by atoms with Gasteiger partial charge >= 0.3 is 5.97 Å². The Kier molecular flexibility index (Phi) is 7.80. The Morgan fingerprint density at radius 3 is 2.38 bits per heavy atom. The molecule has 9 heteroatoms. The van der Waals surface area contributed by atoms with E-state index >= 15 is 0 Å². The summed E-state index contributed by atoms with van der Waals surface area (Å²) in [5.41, 5.74) is 5.89. The number of nitro benzene ring substituents is 1. The summed E-state index contributed by atoms with van der Waals surface area (Å²) < 4.78 is 0. The zero-order valence-electron chi connectivity index (χ0n) is 13.1. The Morgan fingerprint density at radius 1 is 1.21 bits per heavy atom. The molecule has 0 saturated carbocycles. The van der Waals surface area contributed by atoms with Gasteiger partial charge in [0.15, 0.2) is 0 Å². The number of hydrogen-bond donors (Lipinski definition) is 4. The number of aliphatic hydroxyl groups excluding tert-OH is 1. The van der Waals surface area contributed by atoms with Crippen molar-refractivity contribution in [3.8, 4) is 0 Å². The summed E-state index contributed by atoms with van der Waals surface area (Å²) in [6.45, 7) is 0.332. The summed E-state index contributed by atoms with van der Waals surface area (Å²) in [6, 6.07) is 3.95. The second-order valence-electron chi connectivity index (χ2n) is 5.31. The van der Waals surface area contributed by atoms with Gasteiger partial charge in [-0.2, -0.15) is 0 Å². The van der Waals surface area contributed by atoms with Crippen LogP contribution in [-0.2, 0) is 9.59 Å². The van der Waals surface area contributed by atoms with Crippen LogP contribution in [0, 0.1) is 10.1 Å². The van der Waals surface area contributed by atoms with Crippen LogP contribution in [0.4, 0.5) is 5.69 Å². The fourth-order valence-electron chi connectivity index (χ4n) is 2.05. The fraction of sp³-hybridized carbons (Fsp3) is 0.467. The number of rotatable bonds is 10. The van der Waals surface area contributed by atoms with E-state index in [1.165, 1.54) is 24.3 Å². The second-order valence-corrected chi connectivity index (χ2v) is 5.31. The molecule has 1 aromatic rings. The number of nitrogens with zero attached hydrogens (tertiary/aromatic N) is 1.